The molecule has 0 heterocycles. The summed E-state index contributed by atoms with van der Waals surface area (Å²) in [6.07, 6.45) is 0. The van der Waals surface area contributed by atoms with Crippen LogP contribution >= 0.6 is 15.7 Å². The number of hydrogen-bond acceptors (Lipinski definition) is 5. The van der Waals surface area contributed by atoms with Crippen molar-refractivity contribution in [3.8, 4) is 0 Å². The second-order valence-corrected chi connectivity index (χ2v) is 17.7. The van der Waals surface area contributed by atoms with Crippen LogP contribution in [0.2, 0.25) is 39.3 Å². The molecule has 0 aliphatic heterocycles. The first-order valence-corrected chi connectivity index (χ1v) is 14.6. The van der Waals surface area contributed by atoms with Crippen molar-refractivity contribution in [2.45, 2.75) is 39.3 Å². The first-order chi connectivity index (χ1) is 7.12. The molecule has 0 saturated heterocycles. The molecule has 0 aromatic rings. The molecule has 0 rings (SSSR count). The van der Waals surface area contributed by atoms with E-state index < -0.39 is 32.4 Å². The summed E-state index contributed by atoms with van der Waals surface area (Å²) >= 11 is 0. The molecule has 0 aromatic heterocycles. The van der Waals surface area contributed by atoms with Crippen LogP contribution in [-0.2, 0) is 21.9 Å². The third kappa shape index (κ3) is 10.3. The SMILES string of the molecule is C[Si](C)(C)OP(=O)(O)OP(=O)(F)O[Si](C)(C)C. The molecule has 17 heavy (non-hydrogen) atoms. The normalized spacial score (nSPS) is 20.7. The second-order valence-electron chi connectivity index (χ2n) is 5.39. The Hall–Kier alpha value is 0.664. The van der Waals surface area contributed by atoms with Gasteiger partial charge in [0, 0.05) is 0 Å². The van der Waals surface area contributed by atoms with Gasteiger partial charge in [0.05, 0.1) is 0 Å². The molecular weight excluding hydrogens is 305 g/mol. The van der Waals surface area contributed by atoms with Crippen molar-refractivity contribution in [1.82, 2.24) is 0 Å². The van der Waals surface area contributed by atoms with Gasteiger partial charge in [0.1, 0.15) is 0 Å². The van der Waals surface area contributed by atoms with Crippen LogP contribution in [0.1, 0.15) is 0 Å². The van der Waals surface area contributed by atoms with E-state index in [1.807, 2.05) is 0 Å². The average Bonchev–Trinajstić information content (AvgIpc) is 1.65. The first-order valence-electron chi connectivity index (χ1n) is 4.87. The largest absolute Gasteiger partial charge is 0.512 e. The molecular formula is C6H19FO6P2Si2. The van der Waals surface area contributed by atoms with E-state index in [2.05, 4.69) is 8.52 Å². The van der Waals surface area contributed by atoms with Crippen LogP contribution in [0.4, 0.5) is 4.20 Å². The lowest BCUT2D eigenvalue weighted by Gasteiger charge is -2.24. The lowest BCUT2D eigenvalue weighted by molar-refractivity contribution is 0.253. The van der Waals surface area contributed by atoms with Crippen LogP contribution in [0.5, 0.6) is 0 Å². The van der Waals surface area contributed by atoms with Gasteiger partial charge in [-0.2, -0.15) is 4.31 Å². The molecule has 0 aliphatic carbocycles. The quantitative estimate of drug-likeness (QED) is 0.590. The van der Waals surface area contributed by atoms with E-state index in [4.69, 9.17) is 4.21 Å². The predicted octanol–water partition coefficient (Wildman–Crippen LogP) is 3.88. The number of phosphoric acid groups is 1. The van der Waals surface area contributed by atoms with Gasteiger partial charge in [0.2, 0.25) is 0 Å². The number of rotatable bonds is 6. The summed E-state index contributed by atoms with van der Waals surface area (Å²) in [5.41, 5.74) is 0. The Morgan fingerprint density at radius 2 is 1.29 bits per heavy atom. The summed E-state index contributed by atoms with van der Waals surface area (Å²) in [5, 5.41) is 0. The molecule has 0 saturated carbocycles. The summed E-state index contributed by atoms with van der Waals surface area (Å²) < 4.78 is 49.4. The Kier molecular flexibility index (Phi) is 5.55. The molecule has 11 heteroatoms. The summed E-state index contributed by atoms with van der Waals surface area (Å²) in [7, 11) is -14.7. The number of hydrogen-bond donors (Lipinski definition) is 1. The Morgan fingerprint density at radius 3 is 1.59 bits per heavy atom. The maximum atomic E-state index is 13.4. The van der Waals surface area contributed by atoms with Gasteiger partial charge in [-0.25, -0.2) is 9.13 Å². The fourth-order valence-corrected chi connectivity index (χ4v) is 8.07. The first kappa shape index (κ1) is 17.7. The predicted molar refractivity (Wildman–Crippen MR) is 68.5 cm³/mol. The van der Waals surface area contributed by atoms with E-state index in [0.29, 0.717) is 0 Å². The van der Waals surface area contributed by atoms with E-state index in [1.54, 1.807) is 39.3 Å². The van der Waals surface area contributed by atoms with Crippen molar-refractivity contribution < 1.29 is 31.0 Å². The van der Waals surface area contributed by atoms with E-state index in [1.165, 1.54) is 0 Å². The third-order valence-electron chi connectivity index (χ3n) is 0.973. The maximum Gasteiger partial charge on any atom is 0.512 e. The molecule has 0 aliphatic rings. The van der Waals surface area contributed by atoms with Crippen LogP contribution in [0.25, 0.3) is 0 Å². The molecule has 104 valence electrons. The van der Waals surface area contributed by atoms with Crippen LogP contribution in [0.3, 0.4) is 0 Å². The van der Waals surface area contributed by atoms with Crippen molar-refractivity contribution in [3.63, 3.8) is 0 Å². The summed E-state index contributed by atoms with van der Waals surface area (Å²) in [4.78, 5) is 9.25. The zero-order valence-electron chi connectivity index (χ0n) is 10.8. The fourth-order valence-electron chi connectivity index (χ4n) is 0.830. The van der Waals surface area contributed by atoms with Gasteiger partial charge in [0.25, 0.3) is 0 Å². The van der Waals surface area contributed by atoms with Crippen LogP contribution in [0, 0.1) is 0 Å². The lowest BCUT2D eigenvalue weighted by Crippen LogP contribution is -2.25. The molecule has 0 radical (unpaired) electrons. The highest BCUT2D eigenvalue weighted by Crippen LogP contribution is 2.65. The highest BCUT2D eigenvalue weighted by atomic mass is 31.3. The average molecular weight is 324 g/mol. The summed E-state index contributed by atoms with van der Waals surface area (Å²) in [5.74, 6) is 0. The van der Waals surface area contributed by atoms with Gasteiger partial charge in [-0.3, -0.25) is 0 Å². The van der Waals surface area contributed by atoms with Crippen LogP contribution in [-0.4, -0.2) is 21.5 Å². The Bertz CT molecular complexity index is 328. The molecule has 2 unspecified atom stereocenters. The van der Waals surface area contributed by atoms with Crippen LogP contribution in [0.15, 0.2) is 0 Å². The zero-order chi connectivity index (χ0) is 14.1. The van der Waals surface area contributed by atoms with Gasteiger partial charge < -0.3 is 13.3 Å². The molecule has 0 bridgehead atoms. The topological polar surface area (TPSA) is 82.1 Å². The van der Waals surface area contributed by atoms with Gasteiger partial charge in [0.15, 0.2) is 16.6 Å². The van der Waals surface area contributed by atoms with Crippen molar-refractivity contribution in [2.75, 3.05) is 0 Å². The van der Waals surface area contributed by atoms with Gasteiger partial charge in [-0.1, -0.05) is 0 Å². The Balaban J connectivity index is 4.72. The Labute approximate surface area is 103 Å². The lowest BCUT2D eigenvalue weighted by atomic mass is 11.8. The molecule has 6 nitrogen and oxygen atoms in total. The van der Waals surface area contributed by atoms with Gasteiger partial charge in [-0.05, 0) is 39.3 Å². The molecule has 0 aromatic carbocycles. The molecule has 1 N–H and O–H groups in total. The van der Waals surface area contributed by atoms with Gasteiger partial charge in [-0.15, -0.1) is 4.20 Å². The van der Waals surface area contributed by atoms with Crippen molar-refractivity contribution in [1.29, 1.82) is 0 Å². The highest BCUT2D eigenvalue weighted by molar-refractivity contribution is 7.63. The minimum Gasteiger partial charge on any atom is -0.330 e. The smallest absolute Gasteiger partial charge is 0.330 e. The van der Waals surface area contributed by atoms with E-state index in [0.717, 1.165) is 0 Å². The monoisotopic (exact) mass is 324 g/mol. The molecule has 0 fully saturated rings. The minimum atomic E-state index is -5.08. The van der Waals surface area contributed by atoms with Crippen molar-refractivity contribution in [2.24, 2.45) is 0 Å². The second kappa shape index (κ2) is 5.34. The van der Waals surface area contributed by atoms with E-state index >= 15 is 0 Å². The molecule has 2 atom stereocenters. The molecule has 0 amide bonds. The zero-order valence-corrected chi connectivity index (χ0v) is 14.5. The van der Waals surface area contributed by atoms with E-state index in [9.17, 15) is 18.2 Å². The Morgan fingerprint density at radius 1 is 0.941 bits per heavy atom. The van der Waals surface area contributed by atoms with E-state index in [-0.39, 0.29) is 0 Å². The van der Waals surface area contributed by atoms with Gasteiger partial charge >= 0.3 is 15.7 Å². The summed E-state index contributed by atoms with van der Waals surface area (Å²) in [6.45, 7) is 9.56. The highest BCUT2D eigenvalue weighted by Gasteiger charge is 2.42. The molecule has 0 spiro atoms. The minimum absolute atomic E-state index is 1.57. The van der Waals surface area contributed by atoms with Crippen molar-refractivity contribution in [3.05, 3.63) is 0 Å². The van der Waals surface area contributed by atoms with Crippen LogP contribution < -0.4 is 0 Å². The standard InChI is InChI=1S/C6H19FO6P2Si2/c1-16(2,3)12-14(7,8)11-15(9,10)13-17(4,5)6/h1-6H3,(H,9,10). The number of halogens is 1. The summed E-state index contributed by atoms with van der Waals surface area (Å²) in [6, 6.07) is 0. The van der Waals surface area contributed by atoms with Crippen molar-refractivity contribution >= 4 is 32.4 Å². The fraction of sp³-hybridized carbons (Fsp3) is 1.00. The third-order valence-corrected chi connectivity index (χ3v) is 8.76. The maximum absolute atomic E-state index is 13.4.